The second-order valence-electron chi connectivity index (χ2n) is 5.61. The molecule has 0 saturated heterocycles. The SMILES string of the molecule is CCCCOc1ccc(NC(=O)NCC#CCOc2ccccc2Cl)cc1. The Bertz CT molecular complexity index is 782. The first kappa shape index (κ1) is 20.5. The molecule has 2 aromatic rings. The lowest BCUT2D eigenvalue weighted by Crippen LogP contribution is -2.28. The maximum atomic E-state index is 11.8. The van der Waals surface area contributed by atoms with Crippen molar-refractivity contribution in [3.05, 3.63) is 53.6 Å². The van der Waals surface area contributed by atoms with Crippen LogP contribution in [0.15, 0.2) is 48.5 Å². The molecule has 5 nitrogen and oxygen atoms in total. The van der Waals surface area contributed by atoms with Gasteiger partial charge in [-0.3, -0.25) is 0 Å². The van der Waals surface area contributed by atoms with Gasteiger partial charge in [0.25, 0.3) is 0 Å². The number of hydrogen-bond acceptors (Lipinski definition) is 3. The van der Waals surface area contributed by atoms with Gasteiger partial charge in [-0.15, -0.1) is 0 Å². The molecule has 0 saturated carbocycles. The maximum Gasteiger partial charge on any atom is 0.319 e. The van der Waals surface area contributed by atoms with Gasteiger partial charge in [0, 0.05) is 5.69 Å². The fourth-order valence-electron chi connectivity index (χ4n) is 2.06. The zero-order valence-corrected chi connectivity index (χ0v) is 16.0. The number of ether oxygens (including phenoxy) is 2. The summed E-state index contributed by atoms with van der Waals surface area (Å²) in [6, 6.07) is 14.1. The summed E-state index contributed by atoms with van der Waals surface area (Å²) in [5.41, 5.74) is 0.686. The van der Waals surface area contributed by atoms with E-state index in [1.54, 1.807) is 24.3 Å². The van der Waals surface area contributed by atoms with Crippen LogP contribution in [-0.2, 0) is 0 Å². The molecule has 2 aromatic carbocycles. The van der Waals surface area contributed by atoms with Gasteiger partial charge in [-0.25, -0.2) is 4.79 Å². The molecule has 0 aromatic heterocycles. The Morgan fingerprint density at radius 3 is 2.59 bits per heavy atom. The average molecular weight is 387 g/mol. The largest absolute Gasteiger partial charge is 0.494 e. The standard InChI is InChI=1S/C21H23ClN2O3/c1-2-3-15-26-18-12-10-17(11-13-18)24-21(25)23-14-6-7-16-27-20-9-5-4-8-19(20)22/h4-5,8-13H,2-3,14-16H2,1H3,(H2,23,24,25). The van der Waals surface area contributed by atoms with E-state index in [2.05, 4.69) is 29.4 Å². The molecule has 142 valence electrons. The molecule has 0 heterocycles. The van der Waals surface area contributed by atoms with E-state index >= 15 is 0 Å². The van der Waals surface area contributed by atoms with Crippen LogP contribution in [0.3, 0.4) is 0 Å². The van der Waals surface area contributed by atoms with Crippen molar-refractivity contribution >= 4 is 23.3 Å². The van der Waals surface area contributed by atoms with Crippen molar-refractivity contribution in [3.8, 4) is 23.3 Å². The smallest absolute Gasteiger partial charge is 0.319 e. The second kappa shape index (κ2) is 11.7. The van der Waals surface area contributed by atoms with E-state index in [-0.39, 0.29) is 19.2 Å². The van der Waals surface area contributed by atoms with Crippen LogP contribution in [-0.4, -0.2) is 25.8 Å². The van der Waals surface area contributed by atoms with Crippen LogP contribution < -0.4 is 20.1 Å². The Balaban J connectivity index is 1.65. The van der Waals surface area contributed by atoms with Gasteiger partial charge in [-0.1, -0.05) is 48.9 Å². The lowest BCUT2D eigenvalue weighted by atomic mass is 10.3. The molecule has 2 rings (SSSR count). The van der Waals surface area contributed by atoms with Gasteiger partial charge >= 0.3 is 6.03 Å². The van der Waals surface area contributed by atoms with E-state index in [1.807, 2.05) is 24.3 Å². The lowest BCUT2D eigenvalue weighted by molar-refractivity contribution is 0.253. The summed E-state index contributed by atoms with van der Waals surface area (Å²) in [4.78, 5) is 11.8. The van der Waals surface area contributed by atoms with Crippen LogP contribution >= 0.6 is 11.6 Å². The number of amides is 2. The third-order valence-corrected chi connectivity index (χ3v) is 3.79. The molecular weight excluding hydrogens is 364 g/mol. The highest BCUT2D eigenvalue weighted by atomic mass is 35.5. The quantitative estimate of drug-likeness (QED) is 0.509. The van der Waals surface area contributed by atoms with Crippen molar-refractivity contribution in [1.29, 1.82) is 0 Å². The maximum absolute atomic E-state index is 11.8. The Morgan fingerprint density at radius 2 is 1.85 bits per heavy atom. The topological polar surface area (TPSA) is 59.6 Å². The molecule has 0 aliphatic heterocycles. The minimum Gasteiger partial charge on any atom is -0.494 e. The Kier molecular flexibility index (Phi) is 8.88. The molecule has 0 aliphatic rings. The van der Waals surface area contributed by atoms with Crippen LogP contribution in [0.4, 0.5) is 10.5 Å². The molecule has 0 aliphatic carbocycles. The molecule has 2 N–H and O–H groups in total. The van der Waals surface area contributed by atoms with Crippen LogP contribution in [0.1, 0.15) is 19.8 Å². The number of unbranched alkanes of at least 4 members (excludes halogenated alkanes) is 1. The zero-order valence-electron chi connectivity index (χ0n) is 15.3. The summed E-state index contributed by atoms with van der Waals surface area (Å²) in [5.74, 6) is 7.02. The minimum atomic E-state index is -0.323. The van der Waals surface area contributed by atoms with Gasteiger partial charge in [0.15, 0.2) is 0 Å². The molecule has 27 heavy (non-hydrogen) atoms. The summed E-state index contributed by atoms with van der Waals surface area (Å²) < 4.78 is 11.0. The molecule has 0 unspecified atom stereocenters. The summed E-state index contributed by atoms with van der Waals surface area (Å²) >= 11 is 5.98. The van der Waals surface area contributed by atoms with Gasteiger partial charge < -0.3 is 20.1 Å². The summed E-state index contributed by atoms with van der Waals surface area (Å²) in [7, 11) is 0. The van der Waals surface area contributed by atoms with Crippen molar-refractivity contribution in [3.63, 3.8) is 0 Å². The Hall–Kier alpha value is -2.84. The van der Waals surface area contributed by atoms with E-state index in [1.165, 1.54) is 0 Å². The monoisotopic (exact) mass is 386 g/mol. The number of benzene rings is 2. The highest BCUT2D eigenvalue weighted by molar-refractivity contribution is 6.32. The van der Waals surface area contributed by atoms with E-state index in [0.717, 1.165) is 18.6 Å². The number of halogens is 1. The Morgan fingerprint density at radius 1 is 1.07 bits per heavy atom. The number of anilines is 1. The van der Waals surface area contributed by atoms with Gasteiger partial charge in [-0.05, 0) is 42.8 Å². The minimum absolute atomic E-state index is 0.201. The van der Waals surface area contributed by atoms with Crippen molar-refractivity contribution < 1.29 is 14.3 Å². The summed E-state index contributed by atoms with van der Waals surface area (Å²) in [6.07, 6.45) is 2.11. The number of nitrogens with one attached hydrogen (secondary N) is 2. The number of carbonyl (C=O) groups excluding carboxylic acids is 1. The Labute approximate surface area is 165 Å². The molecular formula is C21H23ClN2O3. The predicted octanol–water partition coefficient (Wildman–Crippen LogP) is 4.72. The van der Waals surface area contributed by atoms with E-state index in [0.29, 0.717) is 23.1 Å². The van der Waals surface area contributed by atoms with E-state index in [9.17, 15) is 4.79 Å². The van der Waals surface area contributed by atoms with Crippen LogP contribution in [0.2, 0.25) is 5.02 Å². The molecule has 0 bridgehead atoms. The fraction of sp³-hybridized carbons (Fsp3) is 0.286. The third kappa shape index (κ3) is 7.93. The average Bonchev–Trinajstić information content (AvgIpc) is 2.67. The summed E-state index contributed by atoms with van der Waals surface area (Å²) in [6.45, 7) is 3.23. The van der Waals surface area contributed by atoms with Crippen molar-refractivity contribution in [2.75, 3.05) is 25.1 Å². The van der Waals surface area contributed by atoms with Crippen LogP contribution in [0, 0.1) is 11.8 Å². The van der Waals surface area contributed by atoms with Crippen molar-refractivity contribution in [1.82, 2.24) is 5.32 Å². The fourth-order valence-corrected chi connectivity index (χ4v) is 2.25. The molecule has 0 radical (unpaired) electrons. The highest BCUT2D eigenvalue weighted by Crippen LogP contribution is 2.22. The highest BCUT2D eigenvalue weighted by Gasteiger charge is 2.01. The number of para-hydroxylation sites is 1. The van der Waals surface area contributed by atoms with Crippen LogP contribution in [0.25, 0.3) is 0 Å². The first-order valence-corrected chi connectivity index (χ1v) is 9.17. The van der Waals surface area contributed by atoms with Gasteiger partial charge in [-0.2, -0.15) is 0 Å². The first-order chi connectivity index (χ1) is 13.2. The third-order valence-electron chi connectivity index (χ3n) is 3.48. The zero-order chi connectivity index (χ0) is 19.3. The first-order valence-electron chi connectivity index (χ1n) is 8.80. The number of rotatable bonds is 8. The summed E-state index contributed by atoms with van der Waals surface area (Å²) in [5, 5.41) is 5.94. The number of urea groups is 1. The molecule has 0 spiro atoms. The normalized spacial score (nSPS) is 9.70. The molecule has 0 atom stereocenters. The molecule has 0 fully saturated rings. The molecule has 2 amide bonds. The molecule has 6 heteroatoms. The second-order valence-corrected chi connectivity index (χ2v) is 6.01. The van der Waals surface area contributed by atoms with E-state index < -0.39 is 0 Å². The lowest BCUT2D eigenvalue weighted by Gasteiger charge is -2.08. The number of hydrogen-bond donors (Lipinski definition) is 2. The van der Waals surface area contributed by atoms with Crippen molar-refractivity contribution in [2.24, 2.45) is 0 Å². The van der Waals surface area contributed by atoms with Gasteiger partial charge in [0.2, 0.25) is 0 Å². The van der Waals surface area contributed by atoms with Crippen molar-refractivity contribution in [2.45, 2.75) is 19.8 Å². The number of carbonyl (C=O) groups is 1. The predicted molar refractivity (Wildman–Crippen MR) is 109 cm³/mol. The van der Waals surface area contributed by atoms with Gasteiger partial charge in [0.05, 0.1) is 18.2 Å². The van der Waals surface area contributed by atoms with E-state index in [4.69, 9.17) is 21.1 Å². The van der Waals surface area contributed by atoms with Crippen LogP contribution in [0.5, 0.6) is 11.5 Å². The van der Waals surface area contributed by atoms with Gasteiger partial charge in [0.1, 0.15) is 18.1 Å².